The lowest BCUT2D eigenvalue weighted by atomic mass is 9.86. The molecule has 1 saturated carbocycles. The van der Waals surface area contributed by atoms with Gasteiger partial charge in [0.2, 0.25) is 0 Å². The van der Waals surface area contributed by atoms with Crippen molar-refractivity contribution in [2.45, 2.75) is 180 Å². The van der Waals surface area contributed by atoms with Gasteiger partial charge in [0, 0.05) is 20.1 Å². The quantitative estimate of drug-likeness (QED) is 0.107. The Hall–Kier alpha value is -5.13. The van der Waals surface area contributed by atoms with Crippen LogP contribution in [0, 0.1) is 17.8 Å². The summed E-state index contributed by atoms with van der Waals surface area (Å²) in [7, 11) is 6.16. The monoisotopic (exact) mass is 999 g/mol. The fourth-order valence-corrected chi connectivity index (χ4v) is 9.32. The van der Waals surface area contributed by atoms with Gasteiger partial charge < -0.3 is 47.7 Å². The zero-order valence-corrected chi connectivity index (χ0v) is 44.3. The lowest BCUT2D eigenvalue weighted by molar-refractivity contribution is -0.176. The normalized spacial score (nSPS) is 24.6. The molecule has 398 valence electrons. The van der Waals surface area contributed by atoms with Crippen LogP contribution in [0.25, 0.3) is 0 Å². The smallest absolute Gasteiger partial charge is 0.412 e. The molecule has 17 heteroatoms. The molecule has 8 atom stereocenters. The molecule has 0 radical (unpaired) electrons. The van der Waals surface area contributed by atoms with E-state index in [1.165, 1.54) is 24.0 Å². The van der Waals surface area contributed by atoms with Crippen LogP contribution in [-0.4, -0.2) is 135 Å². The Labute approximate surface area is 421 Å². The van der Waals surface area contributed by atoms with Crippen molar-refractivity contribution < 1.29 is 71.7 Å². The van der Waals surface area contributed by atoms with Gasteiger partial charge in [0.1, 0.15) is 66.6 Å². The lowest BCUT2D eigenvalue weighted by Gasteiger charge is -2.33. The van der Waals surface area contributed by atoms with Crippen molar-refractivity contribution in [1.82, 2.24) is 9.80 Å². The molecule has 3 fully saturated rings. The summed E-state index contributed by atoms with van der Waals surface area (Å²) in [5.74, 6) is -0.0887. The van der Waals surface area contributed by atoms with Crippen molar-refractivity contribution >= 4 is 30.1 Å². The average Bonchev–Trinajstić information content (AvgIpc) is 3.88. The number of ether oxygens (including phenoxy) is 9. The number of benzene rings is 2. The minimum Gasteiger partial charge on any atom is -0.497 e. The molecule has 0 unspecified atom stereocenters. The summed E-state index contributed by atoms with van der Waals surface area (Å²) in [5, 5.41) is 10.9. The summed E-state index contributed by atoms with van der Waals surface area (Å²) in [4.78, 5) is 67.8. The first-order valence-corrected chi connectivity index (χ1v) is 25.1. The highest BCUT2D eigenvalue weighted by Gasteiger charge is 2.42. The molecule has 1 aliphatic carbocycles. The predicted molar refractivity (Wildman–Crippen MR) is 265 cm³/mol. The number of esters is 3. The topological polar surface area (TPSA) is 195 Å². The molecule has 2 aromatic carbocycles. The maximum absolute atomic E-state index is 13.5. The molecule has 0 spiro atoms. The Bertz CT molecular complexity index is 1980. The highest BCUT2D eigenvalue weighted by Crippen LogP contribution is 2.33. The van der Waals surface area contributed by atoms with Crippen LogP contribution in [0.5, 0.6) is 11.5 Å². The van der Waals surface area contributed by atoms with Crippen LogP contribution >= 0.6 is 0 Å². The van der Waals surface area contributed by atoms with Gasteiger partial charge in [0.25, 0.3) is 0 Å². The summed E-state index contributed by atoms with van der Waals surface area (Å²) >= 11 is 0. The van der Waals surface area contributed by atoms with Crippen LogP contribution in [-0.2, 0) is 60.4 Å². The number of aliphatic hydroxyl groups is 1. The van der Waals surface area contributed by atoms with E-state index in [4.69, 9.17) is 42.6 Å². The molecule has 0 aromatic heterocycles. The second-order valence-corrected chi connectivity index (χ2v) is 20.9. The fraction of sp³-hybridized carbons (Fsp3) is 0.685. The van der Waals surface area contributed by atoms with Crippen molar-refractivity contribution in [1.29, 1.82) is 0 Å². The number of carbonyl (C=O) groups is 5. The molecule has 1 N–H and O–H groups in total. The van der Waals surface area contributed by atoms with Gasteiger partial charge in [0.15, 0.2) is 0 Å². The Balaban J connectivity index is 0.000000315. The summed E-state index contributed by atoms with van der Waals surface area (Å²) in [6.45, 7) is 13.8. The van der Waals surface area contributed by atoms with Gasteiger partial charge in [-0.3, -0.25) is 14.6 Å². The number of methoxy groups -OCH3 is 4. The zero-order valence-electron chi connectivity index (χ0n) is 44.3. The predicted octanol–water partition coefficient (Wildman–Crippen LogP) is 8.82. The molecule has 17 nitrogen and oxygen atoms in total. The Kier molecular flexibility index (Phi) is 22.7. The van der Waals surface area contributed by atoms with E-state index in [0.717, 1.165) is 48.3 Å². The molecule has 0 bridgehead atoms. The molecule has 5 rings (SSSR count). The van der Waals surface area contributed by atoms with E-state index in [1.54, 1.807) is 69.6 Å². The third-order valence-electron chi connectivity index (χ3n) is 12.9. The molecule has 2 aromatic rings. The van der Waals surface area contributed by atoms with Crippen LogP contribution in [0.1, 0.15) is 131 Å². The SMILES string of the molecule is COCN(C(=O)OC(C)(C)C)[C@H]1CCC[C@H](Cc2ccc(OC)cc2)[C@@H](O)[C@H](C)OC1=O.COCN(C(=O)OC(C)(C)C)[C@H]1CCC[C@H](Cc2ccc(OC)cc2)[C@@H](OC(=O)C2CCCC2)[C@H](C)OC1=O. The van der Waals surface area contributed by atoms with Crippen molar-refractivity contribution in [3.8, 4) is 11.5 Å². The van der Waals surface area contributed by atoms with E-state index >= 15 is 0 Å². The van der Waals surface area contributed by atoms with Gasteiger partial charge >= 0.3 is 30.1 Å². The molecular formula is C54H82N2O15. The number of cyclic esters (lactones) is 2. The largest absolute Gasteiger partial charge is 0.497 e. The minimum atomic E-state index is -0.881. The second kappa shape index (κ2) is 27.6. The first kappa shape index (κ1) is 58.4. The molecule has 2 aliphatic heterocycles. The van der Waals surface area contributed by atoms with Crippen LogP contribution < -0.4 is 9.47 Å². The number of hydrogen-bond acceptors (Lipinski definition) is 15. The van der Waals surface area contributed by atoms with Gasteiger partial charge in [-0.2, -0.15) is 0 Å². The Morgan fingerprint density at radius 1 is 0.592 bits per heavy atom. The van der Waals surface area contributed by atoms with Crippen LogP contribution in [0.4, 0.5) is 9.59 Å². The van der Waals surface area contributed by atoms with Gasteiger partial charge in [-0.15, -0.1) is 0 Å². The van der Waals surface area contributed by atoms with E-state index < -0.39 is 71.8 Å². The molecule has 3 aliphatic rings. The Morgan fingerprint density at radius 2 is 1.00 bits per heavy atom. The number of hydrogen-bond donors (Lipinski definition) is 1. The second-order valence-electron chi connectivity index (χ2n) is 20.9. The first-order valence-electron chi connectivity index (χ1n) is 25.1. The average molecular weight is 999 g/mol. The van der Waals surface area contributed by atoms with Gasteiger partial charge in [-0.1, -0.05) is 49.9 Å². The highest BCUT2D eigenvalue weighted by atomic mass is 16.6. The number of rotatable bonds is 14. The van der Waals surface area contributed by atoms with Crippen molar-refractivity contribution in [2.75, 3.05) is 41.9 Å². The molecule has 2 saturated heterocycles. The molecule has 71 heavy (non-hydrogen) atoms. The maximum atomic E-state index is 13.5. The van der Waals surface area contributed by atoms with Crippen LogP contribution in [0.15, 0.2) is 48.5 Å². The van der Waals surface area contributed by atoms with E-state index in [2.05, 4.69) is 0 Å². The molecular weight excluding hydrogens is 917 g/mol. The fourth-order valence-electron chi connectivity index (χ4n) is 9.32. The van der Waals surface area contributed by atoms with Crippen molar-refractivity contribution in [2.24, 2.45) is 17.8 Å². The van der Waals surface area contributed by atoms with E-state index in [1.807, 2.05) is 48.5 Å². The van der Waals surface area contributed by atoms with Gasteiger partial charge in [0.05, 0.1) is 26.2 Å². The van der Waals surface area contributed by atoms with E-state index in [0.29, 0.717) is 51.4 Å². The summed E-state index contributed by atoms with van der Waals surface area (Å²) < 4.78 is 49.6. The minimum absolute atomic E-state index is 0.0808. The highest BCUT2D eigenvalue weighted by molar-refractivity contribution is 5.82. The number of nitrogens with zero attached hydrogens (tertiary/aromatic N) is 2. The van der Waals surface area contributed by atoms with Crippen molar-refractivity contribution in [3.05, 3.63) is 59.7 Å². The van der Waals surface area contributed by atoms with E-state index in [9.17, 15) is 29.1 Å². The summed E-state index contributed by atoms with van der Waals surface area (Å²) in [6, 6.07) is 13.8. The summed E-state index contributed by atoms with van der Waals surface area (Å²) in [5.41, 5.74) is 0.700. The first-order chi connectivity index (χ1) is 33.6. The van der Waals surface area contributed by atoms with E-state index in [-0.39, 0.29) is 37.2 Å². The van der Waals surface area contributed by atoms with Crippen LogP contribution in [0.2, 0.25) is 0 Å². The maximum Gasteiger partial charge on any atom is 0.412 e. The number of aliphatic hydroxyl groups excluding tert-OH is 1. The van der Waals surface area contributed by atoms with Gasteiger partial charge in [-0.05, 0) is 148 Å². The van der Waals surface area contributed by atoms with Gasteiger partial charge in [-0.25, -0.2) is 19.2 Å². The molecule has 2 heterocycles. The summed E-state index contributed by atoms with van der Waals surface area (Å²) in [6.07, 6.45) is 4.23. The zero-order chi connectivity index (χ0) is 52.5. The van der Waals surface area contributed by atoms with Crippen molar-refractivity contribution in [3.63, 3.8) is 0 Å². The third kappa shape index (κ3) is 18.5. The lowest BCUT2D eigenvalue weighted by Crippen LogP contribution is -2.49. The molecule has 2 amide bonds. The number of amides is 2. The number of carbonyl (C=O) groups excluding carboxylic acids is 5. The Morgan fingerprint density at radius 3 is 1.41 bits per heavy atom. The van der Waals surface area contributed by atoms with Crippen LogP contribution in [0.3, 0.4) is 0 Å². The standard InChI is InChI=1S/C30H45NO8.C24H37NO7/c1-20-26(38-27(32)22-10-7-8-11-22)23(18-21-14-16-24(36-6)17-15-21)12-9-13-25(28(33)37-20)31(19-35-5)29(34)39-30(2,3)4;1-16-21(26)18(14-17-10-12-19(30-6)13-11-17)8-7-9-20(22(27)31-16)25(15-29-5)23(28)32-24(2,3)4/h14-17,20,22-23,25-26H,7-13,18-19H2,1-6H3;10-13,16,18,20-21,26H,7-9,14-15H2,1-6H3/t20-,23+,25-,26-;16-,18+,20-,21-/m00/s1. The third-order valence-corrected chi connectivity index (χ3v) is 12.9.